The number of hydrogen-bond acceptors (Lipinski definition) is 8. The minimum absolute atomic E-state index is 0. The Morgan fingerprint density at radius 1 is 1.11 bits per heavy atom. The highest BCUT2D eigenvalue weighted by atomic mass is 35.5. The number of fused-ring (bicyclic) bond motifs is 1. The van der Waals surface area contributed by atoms with E-state index in [-0.39, 0.29) is 19.2 Å². The molecule has 142 valence electrons. The Balaban J connectivity index is 0.00000180. The van der Waals surface area contributed by atoms with Gasteiger partial charge >= 0.3 is 0 Å². The van der Waals surface area contributed by atoms with E-state index in [0.29, 0.717) is 18.1 Å². The minimum atomic E-state index is -0.429. The summed E-state index contributed by atoms with van der Waals surface area (Å²) in [4.78, 5) is 9.20. The quantitative estimate of drug-likeness (QED) is 0.706. The minimum Gasteiger partial charge on any atom is -0.454 e. The fourth-order valence-corrected chi connectivity index (χ4v) is 4.28. The third-order valence-corrected chi connectivity index (χ3v) is 5.85. The van der Waals surface area contributed by atoms with Crippen LogP contribution in [-0.4, -0.2) is 21.9 Å². The fraction of sp³-hybridized carbons (Fsp3) is 0.389. The first kappa shape index (κ1) is 18.2. The van der Waals surface area contributed by atoms with Gasteiger partial charge in [0, 0.05) is 10.9 Å². The van der Waals surface area contributed by atoms with Gasteiger partial charge in [0.25, 0.3) is 0 Å². The van der Waals surface area contributed by atoms with E-state index in [9.17, 15) is 0 Å². The standard InChI is InChI=1S/C18H18N4O3S.ClH/c19-18(5-1-2-6-18)17-21-15(25-22-17)8-12-9-26-16(20-12)11-3-4-13-14(7-11)24-10-23-13;/h3-4,7,9H,1-2,5-6,8,10,19H2;1H. The molecule has 9 heteroatoms. The van der Waals surface area contributed by atoms with Crippen LogP contribution in [-0.2, 0) is 12.0 Å². The molecule has 2 aromatic heterocycles. The molecule has 2 N–H and O–H groups in total. The average Bonchev–Trinajstić information content (AvgIpc) is 3.42. The molecule has 0 saturated heterocycles. The summed E-state index contributed by atoms with van der Waals surface area (Å²) in [5.41, 5.74) is 7.86. The van der Waals surface area contributed by atoms with E-state index >= 15 is 0 Å². The van der Waals surface area contributed by atoms with E-state index in [2.05, 4.69) is 15.1 Å². The summed E-state index contributed by atoms with van der Waals surface area (Å²) in [7, 11) is 0. The third kappa shape index (κ3) is 3.40. The molecule has 3 aromatic rings. The molecule has 0 bridgehead atoms. The third-order valence-electron chi connectivity index (χ3n) is 4.91. The van der Waals surface area contributed by atoms with Crippen LogP contribution in [0.25, 0.3) is 10.6 Å². The maximum Gasteiger partial charge on any atom is 0.232 e. The van der Waals surface area contributed by atoms with Crippen LogP contribution in [0.3, 0.4) is 0 Å². The summed E-state index contributed by atoms with van der Waals surface area (Å²) in [5.74, 6) is 2.70. The number of nitrogens with two attached hydrogens (primary N) is 1. The summed E-state index contributed by atoms with van der Waals surface area (Å²) < 4.78 is 16.2. The Bertz CT molecular complexity index is 952. The Hall–Kier alpha value is -2.16. The normalized spacial score (nSPS) is 17.1. The topological polar surface area (TPSA) is 96.3 Å². The number of rotatable bonds is 4. The Morgan fingerprint density at radius 2 is 1.93 bits per heavy atom. The van der Waals surface area contributed by atoms with Crippen LogP contribution in [0.15, 0.2) is 28.1 Å². The molecule has 1 aliphatic heterocycles. The largest absolute Gasteiger partial charge is 0.454 e. The van der Waals surface area contributed by atoms with E-state index in [1.54, 1.807) is 11.3 Å². The Kier molecular flexibility index (Phi) is 4.79. The highest BCUT2D eigenvalue weighted by molar-refractivity contribution is 7.13. The molecule has 0 radical (unpaired) electrons. The lowest BCUT2D eigenvalue weighted by molar-refractivity contribution is 0.174. The second-order valence-electron chi connectivity index (χ2n) is 6.76. The van der Waals surface area contributed by atoms with Gasteiger partial charge in [-0.05, 0) is 31.0 Å². The SMILES string of the molecule is Cl.NC1(c2noc(Cc3csc(-c4ccc5c(c4)OCO5)n3)n2)CCCC1. The number of ether oxygens (including phenoxy) is 2. The second-order valence-corrected chi connectivity index (χ2v) is 7.62. The van der Waals surface area contributed by atoms with Gasteiger partial charge in [0.15, 0.2) is 17.3 Å². The van der Waals surface area contributed by atoms with Crippen LogP contribution < -0.4 is 15.2 Å². The first-order valence-electron chi connectivity index (χ1n) is 8.66. The molecule has 0 atom stereocenters. The van der Waals surface area contributed by atoms with Crippen molar-refractivity contribution in [2.45, 2.75) is 37.6 Å². The van der Waals surface area contributed by atoms with Gasteiger partial charge < -0.3 is 19.7 Å². The number of hydrogen-bond donors (Lipinski definition) is 1. The van der Waals surface area contributed by atoms with E-state index in [1.807, 2.05) is 23.6 Å². The lowest BCUT2D eigenvalue weighted by atomic mass is 9.99. The van der Waals surface area contributed by atoms with E-state index in [0.717, 1.165) is 53.4 Å². The van der Waals surface area contributed by atoms with Gasteiger partial charge in [-0.15, -0.1) is 23.7 Å². The van der Waals surface area contributed by atoms with Crippen molar-refractivity contribution < 1.29 is 14.0 Å². The van der Waals surface area contributed by atoms with Crippen molar-refractivity contribution in [2.75, 3.05) is 6.79 Å². The number of thiazole rings is 1. The molecule has 0 unspecified atom stereocenters. The molecule has 7 nitrogen and oxygen atoms in total. The summed E-state index contributed by atoms with van der Waals surface area (Å²) in [5, 5.41) is 7.04. The maximum absolute atomic E-state index is 6.39. The maximum atomic E-state index is 6.39. The molecule has 0 amide bonds. The van der Waals surface area contributed by atoms with Crippen molar-refractivity contribution in [3.05, 3.63) is 41.0 Å². The van der Waals surface area contributed by atoms with Gasteiger partial charge in [0.2, 0.25) is 12.7 Å². The molecule has 5 rings (SSSR count). The summed E-state index contributed by atoms with van der Waals surface area (Å²) >= 11 is 1.58. The molecule has 1 saturated carbocycles. The van der Waals surface area contributed by atoms with Crippen molar-refractivity contribution >= 4 is 23.7 Å². The highest BCUT2D eigenvalue weighted by Gasteiger charge is 2.36. The smallest absolute Gasteiger partial charge is 0.232 e. The number of halogens is 1. The number of nitrogens with zero attached hydrogens (tertiary/aromatic N) is 3. The Labute approximate surface area is 166 Å². The zero-order valence-electron chi connectivity index (χ0n) is 14.5. The van der Waals surface area contributed by atoms with Crippen molar-refractivity contribution in [1.82, 2.24) is 15.1 Å². The monoisotopic (exact) mass is 406 g/mol. The van der Waals surface area contributed by atoms with Crippen LogP contribution in [0.5, 0.6) is 11.5 Å². The molecular formula is C18H19ClN4O3S. The van der Waals surface area contributed by atoms with Crippen molar-refractivity contribution in [3.8, 4) is 22.1 Å². The van der Waals surface area contributed by atoms with Crippen LogP contribution in [0.4, 0.5) is 0 Å². The Morgan fingerprint density at radius 3 is 2.78 bits per heavy atom. The van der Waals surface area contributed by atoms with Gasteiger partial charge in [-0.25, -0.2) is 4.98 Å². The molecule has 1 fully saturated rings. The van der Waals surface area contributed by atoms with Gasteiger partial charge in [0.05, 0.1) is 17.7 Å². The zero-order chi connectivity index (χ0) is 17.6. The predicted molar refractivity (Wildman–Crippen MR) is 102 cm³/mol. The molecule has 3 heterocycles. The van der Waals surface area contributed by atoms with Gasteiger partial charge in [-0.1, -0.05) is 18.0 Å². The molecule has 1 aromatic carbocycles. The van der Waals surface area contributed by atoms with Gasteiger partial charge in [-0.3, -0.25) is 0 Å². The molecule has 0 spiro atoms. The number of aromatic nitrogens is 3. The van der Waals surface area contributed by atoms with Crippen LogP contribution >= 0.6 is 23.7 Å². The lowest BCUT2D eigenvalue weighted by Gasteiger charge is -2.17. The fourth-order valence-electron chi connectivity index (χ4n) is 3.46. The lowest BCUT2D eigenvalue weighted by Crippen LogP contribution is -2.34. The van der Waals surface area contributed by atoms with Crippen LogP contribution in [0.1, 0.15) is 43.1 Å². The van der Waals surface area contributed by atoms with E-state index < -0.39 is 5.54 Å². The van der Waals surface area contributed by atoms with E-state index in [1.165, 1.54) is 0 Å². The summed E-state index contributed by atoms with van der Waals surface area (Å²) in [6.45, 7) is 0.268. The van der Waals surface area contributed by atoms with Crippen molar-refractivity contribution in [3.63, 3.8) is 0 Å². The second kappa shape index (κ2) is 7.10. The molecular weight excluding hydrogens is 388 g/mol. The van der Waals surface area contributed by atoms with Gasteiger partial charge in [0.1, 0.15) is 5.01 Å². The molecule has 2 aliphatic rings. The molecule has 27 heavy (non-hydrogen) atoms. The first-order chi connectivity index (χ1) is 12.7. The predicted octanol–water partition coefficient (Wildman–Crippen LogP) is 3.66. The highest BCUT2D eigenvalue weighted by Crippen LogP contribution is 2.37. The van der Waals surface area contributed by atoms with Crippen LogP contribution in [0, 0.1) is 0 Å². The van der Waals surface area contributed by atoms with Crippen molar-refractivity contribution in [1.29, 1.82) is 0 Å². The average molecular weight is 407 g/mol. The summed E-state index contributed by atoms with van der Waals surface area (Å²) in [6, 6.07) is 5.85. The van der Waals surface area contributed by atoms with E-state index in [4.69, 9.17) is 19.7 Å². The molecule has 1 aliphatic carbocycles. The number of benzene rings is 1. The first-order valence-corrected chi connectivity index (χ1v) is 9.54. The zero-order valence-corrected chi connectivity index (χ0v) is 16.1. The van der Waals surface area contributed by atoms with Crippen molar-refractivity contribution in [2.24, 2.45) is 5.73 Å². The van der Waals surface area contributed by atoms with Crippen LogP contribution in [0.2, 0.25) is 0 Å². The van der Waals surface area contributed by atoms with Gasteiger partial charge in [-0.2, -0.15) is 4.98 Å². The summed E-state index contributed by atoms with van der Waals surface area (Å²) in [6.07, 6.45) is 4.56.